The number of benzene rings is 1. The van der Waals surface area contributed by atoms with Crippen molar-refractivity contribution >= 4 is 0 Å². The van der Waals surface area contributed by atoms with Crippen molar-refractivity contribution in [3.05, 3.63) is 35.4 Å². The molecule has 118 valence electrons. The van der Waals surface area contributed by atoms with Gasteiger partial charge in [0.15, 0.2) is 0 Å². The summed E-state index contributed by atoms with van der Waals surface area (Å²) < 4.78 is 0. The van der Waals surface area contributed by atoms with Crippen molar-refractivity contribution in [2.24, 2.45) is 5.92 Å². The molecule has 0 bridgehead atoms. The third kappa shape index (κ3) is 3.67. The molecule has 2 heteroatoms. The van der Waals surface area contributed by atoms with E-state index in [0.29, 0.717) is 0 Å². The molecule has 2 nitrogen and oxygen atoms in total. The maximum atomic E-state index is 10.9. The number of aliphatic hydroxyl groups is 1. The third-order valence-corrected chi connectivity index (χ3v) is 5.51. The van der Waals surface area contributed by atoms with Gasteiger partial charge in [0.25, 0.3) is 0 Å². The highest BCUT2D eigenvalue weighted by Gasteiger charge is 2.42. The van der Waals surface area contributed by atoms with Crippen LogP contribution >= 0.6 is 0 Å². The fraction of sp³-hybridized carbons (Fsp3) is 0.684. The molecule has 1 aromatic carbocycles. The van der Waals surface area contributed by atoms with Crippen LogP contribution in [-0.4, -0.2) is 35.7 Å². The lowest BCUT2D eigenvalue weighted by Gasteiger charge is -2.47. The zero-order valence-electron chi connectivity index (χ0n) is 14.1. The Kier molecular flexibility index (Phi) is 5.45. The molecular formula is C19H31NO. The number of aliphatic hydroxyl groups excluding tert-OH is 1. The van der Waals surface area contributed by atoms with Gasteiger partial charge in [0.1, 0.15) is 0 Å². The van der Waals surface area contributed by atoms with E-state index in [9.17, 15) is 5.11 Å². The number of aryl methyl sites for hydroxylation is 1. The van der Waals surface area contributed by atoms with E-state index in [2.05, 4.69) is 57.1 Å². The molecule has 1 aromatic rings. The van der Waals surface area contributed by atoms with E-state index < -0.39 is 0 Å². The molecule has 0 aromatic heterocycles. The zero-order chi connectivity index (χ0) is 15.5. The van der Waals surface area contributed by atoms with E-state index >= 15 is 0 Å². The van der Waals surface area contributed by atoms with Crippen LogP contribution in [0.4, 0.5) is 0 Å². The molecule has 1 atom stereocenters. The van der Waals surface area contributed by atoms with Crippen LogP contribution in [0.5, 0.6) is 0 Å². The van der Waals surface area contributed by atoms with E-state index in [1.54, 1.807) is 0 Å². The first-order valence-electron chi connectivity index (χ1n) is 8.41. The Morgan fingerprint density at radius 2 is 1.67 bits per heavy atom. The topological polar surface area (TPSA) is 23.5 Å². The monoisotopic (exact) mass is 289 g/mol. The molecule has 1 unspecified atom stereocenters. The Labute approximate surface area is 130 Å². The fourth-order valence-electron chi connectivity index (χ4n) is 3.66. The first-order valence-corrected chi connectivity index (χ1v) is 8.41. The van der Waals surface area contributed by atoms with Crippen LogP contribution in [0.3, 0.4) is 0 Å². The van der Waals surface area contributed by atoms with Crippen molar-refractivity contribution in [1.82, 2.24) is 4.90 Å². The predicted molar refractivity (Wildman–Crippen MR) is 89.6 cm³/mol. The van der Waals surface area contributed by atoms with Crippen LogP contribution < -0.4 is 0 Å². The summed E-state index contributed by atoms with van der Waals surface area (Å²) >= 11 is 0. The molecule has 1 fully saturated rings. The van der Waals surface area contributed by atoms with Crippen LogP contribution in [0.25, 0.3) is 0 Å². The van der Waals surface area contributed by atoms with Crippen molar-refractivity contribution in [1.29, 1.82) is 0 Å². The van der Waals surface area contributed by atoms with Crippen LogP contribution in [0.1, 0.15) is 50.7 Å². The van der Waals surface area contributed by atoms with Gasteiger partial charge < -0.3 is 10.0 Å². The van der Waals surface area contributed by atoms with Gasteiger partial charge >= 0.3 is 0 Å². The summed E-state index contributed by atoms with van der Waals surface area (Å²) in [6.45, 7) is 4.50. The smallest absolute Gasteiger partial charge is 0.0763 e. The van der Waals surface area contributed by atoms with Crippen molar-refractivity contribution < 1.29 is 5.11 Å². The molecule has 21 heavy (non-hydrogen) atoms. The molecule has 1 saturated carbocycles. The van der Waals surface area contributed by atoms with E-state index in [0.717, 1.165) is 31.6 Å². The Hall–Kier alpha value is -0.860. The minimum Gasteiger partial charge on any atom is -0.391 e. The summed E-state index contributed by atoms with van der Waals surface area (Å²) in [5, 5.41) is 10.9. The molecule has 0 heterocycles. The number of likely N-dealkylation sites (N-methyl/N-ethyl adjacent to an activating group) is 1. The lowest BCUT2D eigenvalue weighted by molar-refractivity contribution is -0.0382. The van der Waals surface area contributed by atoms with E-state index in [4.69, 9.17) is 0 Å². The van der Waals surface area contributed by atoms with Crippen LogP contribution in [0, 0.1) is 5.92 Å². The zero-order valence-corrected chi connectivity index (χ0v) is 14.1. The number of hydrogen-bond acceptors (Lipinski definition) is 2. The largest absolute Gasteiger partial charge is 0.391 e. The fourth-order valence-corrected chi connectivity index (χ4v) is 3.66. The third-order valence-electron chi connectivity index (χ3n) is 5.51. The summed E-state index contributed by atoms with van der Waals surface area (Å²) in [4.78, 5) is 2.27. The highest BCUT2D eigenvalue weighted by atomic mass is 16.3. The molecule has 1 aliphatic rings. The van der Waals surface area contributed by atoms with Crippen molar-refractivity contribution in [2.75, 3.05) is 14.1 Å². The van der Waals surface area contributed by atoms with Gasteiger partial charge in [-0.25, -0.2) is 0 Å². The van der Waals surface area contributed by atoms with Gasteiger partial charge in [-0.2, -0.15) is 0 Å². The van der Waals surface area contributed by atoms with Crippen molar-refractivity contribution in [3.8, 4) is 0 Å². The van der Waals surface area contributed by atoms with Crippen molar-refractivity contribution in [3.63, 3.8) is 0 Å². The minimum absolute atomic E-state index is 0.0457. The van der Waals surface area contributed by atoms with E-state index in [1.165, 1.54) is 24.0 Å². The molecule has 0 radical (unpaired) electrons. The predicted octanol–water partition coefficient (Wildman–Crippen LogP) is 3.66. The first kappa shape index (κ1) is 16.5. The van der Waals surface area contributed by atoms with Gasteiger partial charge in [0, 0.05) is 12.0 Å². The lowest BCUT2D eigenvalue weighted by Crippen LogP contribution is -2.56. The second-order valence-corrected chi connectivity index (χ2v) is 7.07. The number of hydrogen-bond donors (Lipinski definition) is 1. The normalized spacial score (nSPS) is 27.8. The van der Waals surface area contributed by atoms with Crippen LogP contribution in [0.15, 0.2) is 24.3 Å². The molecule has 0 spiro atoms. The number of nitrogens with zero attached hydrogens (tertiary/aromatic N) is 1. The molecule has 2 rings (SSSR count). The minimum atomic E-state index is -0.285. The quantitative estimate of drug-likeness (QED) is 0.894. The van der Waals surface area contributed by atoms with E-state index in [1.807, 2.05) is 0 Å². The first-order chi connectivity index (χ1) is 9.98. The maximum absolute atomic E-state index is 10.9. The summed E-state index contributed by atoms with van der Waals surface area (Å²) in [5.74, 6) is 0.800. The highest BCUT2D eigenvalue weighted by Crippen LogP contribution is 2.38. The van der Waals surface area contributed by atoms with Gasteiger partial charge in [-0.15, -0.1) is 0 Å². The molecular weight excluding hydrogens is 258 g/mol. The van der Waals surface area contributed by atoms with Gasteiger partial charge in [-0.05, 0) is 63.2 Å². The standard InChI is InChI=1S/C19H31NO/c1-5-16-6-8-17(9-7-16)14-18(21)19(20(3)4)12-10-15(2)11-13-19/h6-9,15,18,21H,5,10-14H2,1-4H3. The number of rotatable bonds is 5. The highest BCUT2D eigenvalue weighted by molar-refractivity contribution is 5.23. The van der Waals surface area contributed by atoms with Gasteiger partial charge in [0.2, 0.25) is 0 Å². The van der Waals surface area contributed by atoms with E-state index in [-0.39, 0.29) is 11.6 Å². The Morgan fingerprint density at radius 3 is 2.14 bits per heavy atom. The summed E-state index contributed by atoms with van der Waals surface area (Å²) in [6, 6.07) is 8.73. The lowest BCUT2D eigenvalue weighted by atomic mass is 9.72. The maximum Gasteiger partial charge on any atom is 0.0763 e. The van der Waals surface area contributed by atoms with Crippen LogP contribution in [-0.2, 0) is 12.8 Å². The van der Waals surface area contributed by atoms with Gasteiger partial charge in [-0.1, -0.05) is 38.1 Å². The molecule has 1 N–H and O–H groups in total. The second-order valence-electron chi connectivity index (χ2n) is 7.07. The van der Waals surface area contributed by atoms with Gasteiger partial charge in [-0.3, -0.25) is 0 Å². The molecule has 0 amide bonds. The summed E-state index contributed by atoms with van der Waals surface area (Å²) in [6.07, 6.45) is 6.21. The average molecular weight is 289 g/mol. The van der Waals surface area contributed by atoms with Crippen molar-refractivity contribution in [2.45, 2.75) is 64.0 Å². The summed E-state index contributed by atoms with van der Waals surface area (Å²) in [5.41, 5.74) is 2.57. The van der Waals surface area contributed by atoms with Gasteiger partial charge in [0.05, 0.1) is 6.10 Å². The molecule has 0 saturated heterocycles. The second kappa shape index (κ2) is 6.93. The SMILES string of the molecule is CCc1ccc(CC(O)C2(N(C)C)CCC(C)CC2)cc1. The Morgan fingerprint density at radius 1 is 1.14 bits per heavy atom. The molecule has 1 aliphatic carbocycles. The van der Waals surface area contributed by atoms with Crippen LogP contribution in [0.2, 0.25) is 0 Å². The Balaban J connectivity index is 2.09. The molecule has 0 aliphatic heterocycles. The summed E-state index contributed by atoms with van der Waals surface area (Å²) in [7, 11) is 4.25. The Bertz CT molecular complexity index is 429. The average Bonchev–Trinajstić information content (AvgIpc) is 2.48.